The number of aliphatic hydroxyl groups is 1. The molecule has 2 heterocycles. The maximum absolute atomic E-state index is 13.3. The lowest BCUT2D eigenvalue weighted by Gasteiger charge is -2.29. The van der Waals surface area contributed by atoms with Crippen LogP contribution in [0.1, 0.15) is 43.9 Å². The van der Waals surface area contributed by atoms with Gasteiger partial charge in [0.1, 0.15) is 17.3 Å². The number of benzene rings is 2. The van der Waals surface area contributed by atoms with E-state index in [1.54, 1.807) is 29.2 Å². The van der Waals surface area contributed by atoms with Crippen LogP contribution in [-0.2, 0) is 14.3 Å². The van der Waals surface area contributed by atoms with E-state index in [1.165, 1.54) is 0 Å². The van der Waals surface area contributed by atoms with Crippen molar-refractivity contribution in [1.29, 1.82) is 0 Å². The van der Waals surface area contributed by atoms with E-state index in [0.29, 0.717) is 50.7 Å². The minimum atomic E-state index is -0.694. The lowest BCUT2D eigenvalue weighted by molar-refractivity contribution is -0.140. The summed E-state index contributed by atoms with van der Waals surface area (Å²) in [5.74, 6) is -0.172. The number of amides is 1. The van der Waals surface area contributed by atoms with E-state index in [4.69, 9.17) is 14.2 Å². The molecule has 0 bridgehead atoms. The zero-order valence-electron chi connectivity index (χ0n) is 21.7. The van der Waals surface area contributed by atoms with E-state index >= 15 is 0 Å². The smallest absolute Gasteiger partial charge is 0.295 e. The highest BCUT2D eigenvalue weighted by atomic mass is 16.5. The monoisotopic (exact) mass is 508 g/mol. The zero-order valence-corrected chi connectivity index (χ0v) is 21.7. The van der Waals surface area contributed by atoms with E-state index in [2.05, 4.69) is 4.90 Å². The fraction of sp³-hybridized carbons (Fsp3) is 0.448. The molecule has 1 amide bonds. The Kier molecular flexibility index (Phi) is 9.19. The molecule has 1 atom stereocenters. The van der Waals surface area contributed by atoms with E-state index in [1.807, 2.05) is 38.1 Å². The van der Waals surface area contributed by atoms with Crippen molar-refractivity contribution in [3.05, 3.63) is 65.2 Å². The summed E-state index contributed by atoms with van der Waals surface area (Å²) < 4.78 is 16.7. The molecule has 2 aliphatic rings. The van der Waals surface area contributed by atoms with E-state index in [9.17, 15) is 14.7 Å². The standard InChI is InChI=1S/C29H36N2O6/c1-3-17-37-23-11-9-21(10-12-23)26-25(27(32)22-7-5-8-24(20-22)36-4-2)28(33)29(34)31(26)14-6-13-30-15-18-35-19-16-30/h5,7-12,20,26,32H,3-4,6,13-19H2,1-2H3. The SMILES string of the molecule is CCCOc1ccc(C2C(=C(O)c3cccc(OCC)c3)C(=O)C(=O)N2CCCN2CCOCC2)cc1. The van der Waals surface area contributed by atoms with Gasteiger partial charge in [-0.25, -0.2) is 0 Å². The molecule has 0 saturated carbocycles. The van der Waals surface area contributed by atoms with Gasteiger partial charge in [0, 0.05) is 31.7 Å². The fourth-order valence-electron chi connectivity index (χ4n) is 4.77. The molecule has 2 aromatic rings. The summed E-state index contributed by atoms with van der Waals surface area (Å²) in [6, 6.07) is 13.7. The molecule has 0 spiro atoms. The topological polar surface area (TPSA) is 88.5 Å². The molecule has 0 radical (unpaired) electrons. The summed E-state index contributed by atoms with van der Waals surface area (Å²) in [5, 5.41) is 11.3. The van der Waals surface area contributed by atoms with Crippen LogP contribution in [0.15, 0.2) is 54.1 Å². The first-order valence-corrected chi connectivity index (χ1v) is 13.1. The van der Waals surface area contributed by atoms with Crippen molar-refractivity contribution in [3.8, 4) is 11.5 Å². The Labute approximate surface area is 218 Å². The molecule has 4 rings (SSSR count). The van der Waals surface area contributed by atoms with Crippen LogP contribution in [0, 0.1) is 0 Å². The van der Waals surface area contributed by atoms with Crippen LogP contribution in [0.3, 0.4) is 0 Å². The quantitative estimate of drug-likeness (QED) is 0.279. The number of aliphatic hydroxyl groups excluding tert-OH is 1. The van der Waals surface area contributed by atoms with Gasteiger partial charge in [-0.1, -0.05) is 31.2 Å². The Balaban J connectivity index is 1.66. The van der Waals surface area contributed by atoms with Gasteiger partial charge in [-0.3, -0.25) is 14.5 Å². The lowest BCUT2D eigenvalue weighted by atomic mass is 9.95. The van der Waals surface area contributed by atoms with Crippen molar-refractivity contribution in [2.75, 3.05) is 52.6 Å². The number of morpholine rings is 1. The highest BCUT2D eigenvalue weighted by molar-refractivity contribution is 6.46. The number of Topliss-reactive ketones (excluding diaryl/α,β-unsaturated/α-hetero) is 1. The first-order valence-electron chi connectivity index (χ1n) is 13.1. The first kappa shape index (κ1) is 26.7. The maximum atomic E-state index is 13.3. The van der Waals surface area contributed by atoms with Gasteiger partial charge in [0.15, 0.2) is 0 Å². The molecule has 1 unspecified atom stereocenters. The second-order valence-corrected chi connectivity index (χ2v) is 9.18. The summed E-state index contributed by atoms with van der Waals surface area (Å²) >= 11 is 0. The fourth-order valence-corrected chi connectivity index (χ4v) is 4.77. The predicted molar refractivity (Wildman–Crippen MR) is 141 cm³/mol. The average molecular weight is 509 g/mol. The van der Waals surface area contributed by atoms with Gasteiger partial charge < -0.3 is 24.2 Å². The van der Waals surface area contributed by atoms with Crippen LogP contribution in [0.2, 0.25) is 0 Å². The summed E-state index contributed by atoms with van der Waals surface area (Å²) in [5.41, 5.74) is 1.27. The van der Waals surface area contributed by atoms with Crippen molar-refractivity contribution in [3.63, 3.8) is 0 Å². The Morgan fingerprint density at radius 2 is 1.76 bits per heavy atom. The maximum Gasteiger partial charge on any atom is 0.295 e. The van der Waals surface area contributed by atoms with Gasteiger partial charge in [0.2, 0.25) is 0 Å². The average Bonchev–Trinajstić information content (AvgIpc) is 3.18. The number of likely N-dealkylation sites (tertiary alicyclic amines) is 1. The largest absolute Gasteiger partial charge is 0.507 e. The molecule has 2 aromatic carbocycles. The van der Waals surface area contributed by atoms with E-state index < -0.39 is 17.7 Å². The third kappa shape index (κ3) is 6.32. The molecule has 2 fully saturated rings. The van der Waals surface area contributed by atoms with Gasteiger partial charge in [-0.2, -0.15) is 0 Å². The van der Waals surface area contributed by atoms with Gasteiger partial charge in [0.05, 0.1) is 38.0 Å². The Morgan fingerprint density at radius 3 is 2.46 bits per heavy atom. The number of ketones is 1. The highest BCUT2D eigenvalue weighted by Crippen LogP contribution is 2.40. The van der Waals surface area contributed by atoms with Crippen LogP contribution in [0.5, 0.6) is 11.5 Å². The zero-order chi connectivity index (χ0) is 26.2. The van der Waals surface area contributed by atoms with Crippen LogP contribution in [-0.4, -0.2) is 79.2 Å². The second kappa shape index (κ2) is 12.7. The van der Waals surface area contributed by atoms with Crippen LogP contribution < -0.4 is 9.47 Å². The number of hydrogen-bond acceptors (Lipinski definition) is 7. The van der Waals surface area contributed by atoms with Crippen molar-refractivity contribution in [2.45, 2.75) is 32.7 Å². The van der Waals surface area contributed by atoms with Gasteiger partial charge in [-0.05, 0) is 49.6 Å². The molecule has 0 aromatic heterocycles. The van der Waals surface area contributed by atoms with E-state index in [0.717, 1.165) is 37.4 Å². The lowest BCUT2D eigenvalue weighted by Crippen LogP contribution is -2.38. The normalized spacial score (nSPS) is 19.8. The number of nitrogens with zero attached hydrogens (tertiary/aromatic N) is 2. The number of rotatable bonds is 11. The Bertz CT molecular complexity index is 1110. The summed E-state index contributed by atoms with van der Waals surface area (Å²) in [7, 11) is 0. The summed E-state index contributed by atoms with van der Waals surface area (Å²) in [6.07, 6.45) is 1.60. The van der Waals surface area contributed by atoms with E-state index in [-0.39, 0.29) is 11.3 Å². The molecular weight excluding hydrogens is 472 g/mol. The van der Waals surface area contributed by atoms with Gasteiger partial charge in [0.25, 0.3) is 11.7 Å². The molecule has 2 aliphatic heterocycles. The van der Waals surface area contributed by atoms with Crippen molar-refractivity contribution in [2.24, 2.45) is 0 Å². The molecule has 198 valence electrons. The van der Waals surface area contributed by atoms with Crippen LogP contribution >= 0.6 is 0 Å². The molecular formula is C29H36N2O6. The van der Waals surface area contributed by atoms with Crippen LogP contribution in [0.25, 0.3) is 5.76 Å². The molecule has 0 aliphatic carbocycles. The van der Waals surface area contributed by atoms with Gasteiger partial charge in [-0.15, -0.1) is 0 Å². The van der Waals surface area contributed by atoms with Crippen molar-refractivity contribution >= 4 is 17.4 Å². The molecule has 8 nitrogen and oxygen atoms in total. The van der Waals surface area contributed by atoms with Gasteiger partial charge >= 0.3 is 0 Å². The molecule has 37 heavy (non-hydrogen) atoms. The second-order valence-electron chi connectivity index (χ2n) is 9.18. The first-order chi connectivity index (χ1) is 18.0. The number of ether oxygens (including phenoxy) is 3. The Morgan fingerprint density at radius 1 is 1.00 bits per heavy atom. The minimum Gasteiger partial charge on any atom is -0.507 e. The summed E-state index contributed by atoms with van der Waals surface area (Å²) in [4.78, 5) is 30.4. The number of hydrogen-bond donors (Lipinski definition) is 1. The number of carbonyl (C=O) groups excluding carboxylic acids is 2. The third-order valence-electron chi connectivity index (χ3n) is 6.60. The number of carbonyl (C=O) groups is 2. The third-order valence-corrected chi connectivity index (χ3v) is 6.60. The predicted octanol–water partition coefficient (Wildman–Crippen LogP) is 4.02. The Hall–Kier alpha value is -3.36. The molecule has 8 heteroatoms. The van der Waals surface area contributed by atoms with Crippen molar-refractivity contribution in [1.82, 2.24) is 9.80 Å². The van der Waals surface area contributed by atoms with Crippen molar-refractivity contribution < 1.29 is 28.9 Å². The highest BCUT2D eigenvalue weighted by Gasteiger charge is 2.45. The minimum absolute atomic E-state index is 0.0900. The van der Waals surface area contributed by atoms with Crippen LogP contribution in [0.4, 0.5) is 0 Å². The summed E-state index contributed by atoms with van der Waals surface area (Å²) in [6.45, 7) is 9.34. The molecule has 1 N–H and O–H groups in total. The molecule has 2 saturated heterocycles.